The third-order valence-electron chi connectivity index (χ3n) is 5.85. The summed E-state index contributed by atoms with van der Waals surface area (Å²) in [5.74, 6) is -0.561. The normalized spacial score (nSPS) is 17.6. The monoisotopic (exact) mass is 460 g/mol. The molecule has 0 aromatic heterocycles. The molecule has 1 N–H and O–H groups in total. The van der Waals surface area contributed by atoms with Gasteiger partial charge in [-0.2, -0.15) is 0 Å². The van der Waals surface area contributed by atoms with E-state index in [2.05, 4.69) is 11.4 Å². The molecule has 2 aromatic carbocycles. The molecule has 2 heterocycles. The number of ether oxygens (including phenoxy) is 2. The Labute approximate surface area is 199 Å². The Morgan fingerprint density at radius 1 is 1.09 bits per heavy atom. The van der Waals surface area contributed by atoms with Crippen molar-refractivity contribution in [2.75, 3.05) is 26.2 Å². The highest BCUT2D eigenvalue weighted by atomic mass is 16.5. The Morgan fingerprint density at radius 3 is 2.50 bits per heavy atom. The minimum absolute atomic E-state index is 0.0120. The van der Waals surface area contributed by atoms with Crippen LogP contribution >= 0.6 is 0 Å². The smallest absolute Gasteiger partial charge is 0.339 e. The molecule has 0 saturated heterocycles. The third kappa shape index (κ3) is 5.99. The Bertz CT molecular complexity index is 1110. The Balaban J connectivity index is 1.30. The first-order valence-electron chi connectivity index (χ1n) is 11.4. The highest BCUT2D eigenvalue weighted by Crippen LogP contribution is 2.27. The van der Waals surface area contributed by atoms with Crippen molar-refractivity contribution >= 4 is 28.9 Å². The first-order chi connectivity index (χ1) is 16.5. The van der Waals surface area contributed by atoms with E-state index in [1.54, 1.807) is 11.0 Å². The van der Waals surface area contributed by atoms with E-state index in [1.165, 1.54) is 12.5 Å². The van der Waals surface area contributed by atoms with Crippen LogP contribution in [0.2, 0.25) is 0 Å². The molecule has 0 radical (unpaired) electrons. The molecule has 7 nitrogen and oxygen atoms in total. The van der Waals surface area contributed by atoms with Crippen molar-refractivity contribution in [3.63, 3.8) is 0 Å². The van der Waals surface area contributed by atoms with E-state index in [0.29, 0.717) is 25.3 Å². The molecule has 2 aliphatic rings. The predicted molar refractivity (Wildman–Crippen MR) is 128 cm³/mol. The van der Waals surface area contributed by atoms with Crippen LogP contribution in [0.4, 0.5) is 0 Å². The molecular weight excluding hydrogens is 432 g/mol. The van der Waals surface area contributed by atoms with Crippen LogP contribution in [0.5, 0.6) is 0 Å². The van der Waals surface area contributed by atoms with Crippen LogP contribution in [0.3, 0.4) is 0 Å². The molecule has 2 aliphatic heterocycles. The topological polar surface area (TPSA) is 84.9 Å². The van der Waals surface area contributed by atoms with Crippen LogP contribution in [0, 0.1) is 0 Å². The van der Waals surface area contributed by atoms with Crippen LogP contribution in [-0.4, -0.2) is 55.0 Å². The summed E-state index contributed by atoms with van der Waals surface area (Å²) in [6, 6.07) is 17.6. The Morgan fingerprint density at radius 2 is 1.82 bits per heavy atom. The second-order valence-electron chi connectivity index (χ2n) is 8.34. The van der Waals surface area contributed by atoms with E-state index in [0.717, 1.165) is 23.1 Å². The van der Waals surface area contributed by atoms with Crippen molar-refractivity contribution in [3.05, 3.63) is 83.4 Å². The van der Waals surface area contributed by atoms with Gasteiger partial charge in [-0.3, -0.25) is 9.59 Å². The van der Waals surface area contributed by atoms with Gasteiger partial charge in [0.15, 0.2) is 0 Å². The minimum atomic E-state index is -0.452. The molecule has 34 heavy (non-hydrogen) atoms. The number of hydrogen-bond donors (Lipinski definition) is 1. The molecule has 2 aromatic rings. The van der Waals surface area contributed by atoms with Gasteiger partial charge in [0.05, 0.1) is 18.7 Å². The van der Waals surface area contributed by atoms with Crippen molar-refractivity contribution in [1.29, 1.82) is 0 Å². The summed E-state index contributed by atoms with van der Waals surface area (Å²) >= 11 is 0. The van der Waals surface area contributed by atoms with Gasteiger partial charge < -0.3 is 19.7 Å². The first kappa shape index (κ1) is 23.4. The number of carbonyl (C=O) groups is 3. The molecule has 0 fully saturated rings. The van der Waals surface area contributed by atoms with Gasteiger partial charge in [0.2, 0.25) is 11.8 Å². The zero-order chi connectivity index (χ0) is 23.9. The van der Waals surface area contributed by atoms with Gasteiger partial charge in [-0.15, -0.1) is 0 Å². The van der Waals surface area contributed by atoms with E-state index in [4.69, 9.17) is 9.47 Å². The van der Waals surface area contributed by atoms with Gasteiger partial charge in [0, 0.05) is 20.0 Å². The van der Waals surface area contributed by atoms with Gasteiger partial charge in [-0.1, -0.05) is 60.7 Å². The summed E-state index contributed by atoms with van der Waals surface area (Å²) in [6.07, 6.45) is 4.12. The third-order valence-corrected chi connectivity index (χ3v) is 5.85. The van der Waals surface area contributed by atoms with E-state index in [9.17, 15) is 14.4 Å². The zero-order valence-electron chi connectivity index (χ0n) is 19.2. The number of nitrogens with zero attached hydrogens (tertiary/aromatic N) is 1. The average molecular weight is 461 g/mol. The van der Waals surface area contributed by atoms with Crippen LogP contribution < -0.4 is 5.32 Å². The Kier molecular flexibility index (Phi) is 7.54. The number of cyclic esters (lactones) is 1. The Hall–Kier alpha value is -3.71. The van der Waals surface area contributed by atoms with Crippen LogP contribution in [0.15, 0.2) is 66.7 Å². The molecule has 1 atom stereocenters. The maximum atomic E-state index is 12.5. The highest BCUT2D eigenvalue weighted by Gasteiger charge is 2.26. The van der Waals surface area contributed by atoms with Crippen LogP contribution in [0.1, 0.15) is 30.0 Å². The van der Waals surface area contributed by atoms with Crippen LogP contribution in [0.25, 0.3) is 11.1 Å². The molecule has 0 spiro atoms. The standard InChI is InChI=1S/C27H28N2O5/c1-19(30)28-16-24-15-25(27(32)34-24)23-9-7-21(8-10-23)22-11-13-29(14-12-22)26(31)18-33-17-20-5-3-2-4-6-20/h2-11,15,24H,12-14,16-18H2,1H3,(H,28,30)/t24-/m1/s1. The lowest BCUT2D eigenvalue weighted by Crippen LogP contribution is -2.37. The molecule has 0 aliphatic carbocycles. The molecule has 0 saturated carbocycles. The molecule has 0 bridgehead atoms. The minimum Gasteiger partial charge on any atom is -0.453 e. The summed E-state index contributed by atoms with van der Waals surface area (Å²) in [4.78, 5) is 37.5. The summed E-state index contributed by atoms with van der Waals surface area (Å²) in [7, 11) is 0. The van der Waals surface area contributed by atoms with Gasteiger partial charge in [0.25, 0.3) is 0 Å². The van der Waals surface area contributed by atoms with Crippen molar-refractivity contribution in [3.8, 4) is 0 Å². The van der Waals surface area contributed by atoms with Crippen molar-refractivity contribution in [2.24, 2.45) is 0 Å². The number of benzene rings is 2. The average Bonchev–Trinajstić information content (AvgIpc) is 3.24. The number of amides is 2. The van der Waals surface area contributed by atoms with Gasteiger partial charge in [-0.05, 0) is 34.8 Å². The number of nitrogens with one attached hydrogen (secondary N) is 1. The number of hydrogen-bond acceptors (Lipinski definition) is 5. The van der Waals surface area contributed by atoms with Gasteiger partial charge in [0.1, 0.15) is 12.7 Å². The van der Waals surface area contributed by atoms with Gasteiger partial charge >= 0.3 is 5.97 Å². The number of carbonyl (C=O) groups excluding carboxylic acids is 3. The maximum Gasteiger partial charge on any atom is 0.339 e. The first-order valence-corrected chi connectivity index (χ1v) is 11.4. The fourth-order valence-corrected chi connectivity index (χ4v) is 3.99. The lowest BCUT2D eigenvalue weighted by Gasteiger charge is -2.26. The number of rotatable bonds is 8. The summed E-state index contributed by atoms with van der Waals surface area (Å²) in [6.45, 7) is 3.38. The van der Waals surface area contributed by atoms with Crippen molar-refractivity contribution in [1.82, 2.24) is 10.2 Å². The molecule has 7 heteroatoms. The summed E-state index contributed by atoms with van der Waals surface area (Å²) in [5, 5.41) is 2.66. The fraction of sp³-hybridized carbons (Fsp3) is 0.296. The lowest BCUT2D eigenvalue weighted by atomic mass is 9.96. The molecule has 0 unspecified atom stereocenters. The lowest BCUT2D eigenvalue weighted by molar-refractivity contribution is -0.138. The zero-order valence-corrected chi connectivity index (χ0v) is 19.2. The summed E-state index contributed by atoms with van der Waals surface area (Å²) < 4.78 is 10.9. The highest BCUT2D eigenvalue weighted by molar-refractivity contribution is 6.18. The SMILES string of the molecule is CC(=O)NC[C@H]1C=C(c2ccc(C3=CCN(C(=O)COCc4ccccc4)CC3)cc2)C(=O)O1. The van der Waals surface area contributed by atoms with E-state index >= 15 is 0 Å². The largest absolute Gasteiger partial charge is 0.453 e. The van der Waals surface area contributed by atoms with Gasteiger partial charge in [-0.25, -0.2) is 4.79 Å². The number of esters is 1. The van der Waals surface area contributed by atoms with Crippen LogP contribution in [-0.2, 0) is 30.5 Å². The van der Waals surface area contributed by atoms with Crippen molar-refractivity contribution < 1.29 is 23.9 Å². The maximum absolute atomic E-state index is 12.5. The van der Waals surface area contributed by atoms with E-state index < -0.39 is 6.10 Å². The quantitative estimate of drug-likeness (QED) is 0.613. The fourth-order valence-electron chi connectivity index (χ4n) is 3.99. The summed E-state index contributed by atoms with van der Waals surface area (Å²) in [5.41, 5.74) is 4.57. The van der Waals surface area contributed by atoms with E-state index in [1.807, 2.05) is 54.6 Å². The second-order valence-corrected chi connectivity index (χ2v) is 8.34. The molecule has 2 amide bonds. The van der Waals surface area contributed by atoms with E-state index in [-0.39, 0.29) is 30.9 Å². The van der Waals surface area contributed by atoms with Crippen molar-refractivity contribution in [2.45, 2.75) is 26.1 Å². The second kappa shape index (κ2) is 10.9. The molecule has 4 rings (SSSR count). The molecule has 176 valence electrons. The molecular formula is C27H28N2O5. The predicted octanol–water partition coefficient (Wildman–Crippen LogP) is 2.96.